The van der Waals surface area contributed by atoms with Crippen molar-refractivity contribution in [2.75, 3.05) is 0 Å². The van der Waals surface area contributed by atoms with Crippen molar-refractivity contribution in [3.8, 4) is 6.07 Å². The summed E-state index contributed by atoms with van der Waals surface area (Å²) in [5.74, 6) is 0.457. The second-order valence-electron chi connectivity index (χ2n) is 3.23. The average Bonchev–Trinajstić information content (AvgIpc) is 2.03. The van der Waals surface area contributed by atoms with Crippen LogP contribution in [0.4, 0.5) is 0 Å². The van der Waals surface area contributed by atoms with Crippen molar-refractivity contribution in [3.05, 3.63) is 41.8 Å². The maximum absolute atomic E-state index is 8.69. The Morgan fingerprint density at radius 2 is 2.00 bits per heavy atom. The van der Waals surface area contributed by atoms with Crippen LogP contribution >= 0.6 is 0 Å². The van der Waals surface area contributed by atoms with Crippen molar-refractivity contribution < 1.29 is 0 Å². The van der Waals surface area contributed by atoms with Crippen LogP contribution in [0, 0.1) is 18.3 Å². The molecule has 1 nitrogen and oxygen atoms in total. The molecular weight excluding hydrogens is 146 g/mol. The lowest BCUT2D eigenvalue weighted by atomic mass is 9.99. The number of nitriles is 1. The molecule has 0 fully saturated rings. The van der Waals surface area contributed by atoms with E-state index in [9.17, 15) is 0 Å². The molecule has 0 heterocycles. The Morgan fingerprint density at radius 1 is 1.33 bits per heavy atom. The highest BCUT2D eigenvalue weighted by Gasteiger charge is 2.01. The van der Waals surface area contributed by atoms with Gasteiger partial charge in [0.05, 0.1) is 11.6 Å². The Morgan fingerprint density at radius 3 is 2.50 bits per heavy atom. The summed E-state index contributed by atoms with van der Waals surface area (Å²) >= 11 is 0. The minimum absolute atomic E-state index is 0.457. The first-order valence-electron chi connectivity index (χ1n) is 4.00. The van der Waals surface area contributed by atoms with Gasteiger partial charge in [-0.15, -0.1) is 0 Å². The zero-order chi connectivity index (χ0) is 9.14. The van der Waals surface area contributed by atoms with E-state index in [2.05, 4.69) is 26.8 Å². The van der Waals surface area contributed by atoms with Gasteiger partial charge in [-0.05, 0) is 36.1 Å². The zero-order valence-corrected chi connectivity index (χ0v) is 7.46. The molecular formula is C11H12N. The second-order valence-corrected chi connectivity index (χ2v) is 3.23. The lowest BCUT2D eigenvalue weighted by Gasteiger charge is -2.06. The van der Waals surface area contributed by atoms with Gasteiger partial charge in [0.15, 0.2) is 0 Å². The van der Waals surface area contributed by atoms with E-state index in [1.165, 1.54) is 5.56 Å². The van der Waals surface area contributed by atoms with Gasteiger partial charge < -0.3 is 0 Å². The van der Waals surface area contributed by atoms with Crippen molar-refractivity contribution in [3.63, 3.8) is 0 Å². The van der Waals surface area contributed by atoms with Crippen LogP contribution in [0.1, 0.15) is 36.5 Å². The summed E-state index contributed by atoms with van der Waals surface area (Å²) < 4.78 is 0. The molecule has 0 unspecified atom stereocenters. The molecule has 0 saturated heterocycles. The van der Waals surface area contributed by atoms with Gasteiger partial charge in [-0.25, -0.2) is 0 Å². The lowest BCUT2D eigenvalue weighted by molar-refractivity contribution is 0.865. The monoisotopic (exact) mass is 158 g/mol. The number of benzene rings is 1. The molecule has 0 aromatic heterocycles. The minimum atomic E-state index is 0.457. The fourth-order valence-electron chi connectivity index (χ4n) is 1.12. The molecule has 0 aliphatic rings. The van der Waals surface area contributed by atoms with E-state index in [1.54, 1.807) is 6.07 Å². The average molecular weight is 158 g/mol. The van der Waals surface area contributed by atoms with Crippen LogP contribution in [0.5, 0.6) is 0 Å². The molecule has 1 aromatic carbocycles. The molecule has 0 atom stereocenters. The third-order valence-electron chi connectivity index (χ3n) is 1.81. The fraction of sp³-hybridized carbons (Fsp3) is 0.273. The number of nitrogens with zero attached hydrogens (tertiary/aromatic N) is 1. The molecule has 1 heteroatoms. The molecule has 0 amide bonds. The van der Waals surface area contributed by atoms with E-state index >= 15 is 0 Å². The smallest absolute Gasteiger partial charge is 0.0991 e. The SMILES string of the molecule is [CH2]c1cc(C#N)cc(C(C)C)c1. The zero-order valence-electron chi connectivity index (χ0n) is 7.46. The predicted octanol–water partition coefficient (Wildman–Crippen LogP) is 2.86. The summed E-state index contributed by atoms with van der Waals surface area (Å²) in [6, 6.07) is 7.86. The molecule has 0 spiro atoms. The van der Waals surface area contributed by atoms with Crippen LogP contribution in [-0.2, 0) is 0 Å². The van der Waals surface area contributed by atoms with Gasteiger partial charge in [0.1, 0.15) is 0 Å². The Kier molecular flexibility index (Phi) is 2.50. The van der Waals surface area contributed by atoms with Crippen molar-refractivity contribution in [2.24, 2.45) is 0 Å². The molecule has 0 bridgehead atoms. The van der Waals surface area contributed by atoms with Crippen LogP contribution in [0.2, 0.25) is 0 Å². The van der Waals surface area contributed by atoms with E-state index in [-0.39, 0.29) is 0 Å². The maximum atomic E-state index is 8.69. The summed E-state index contributed by atoms with van der Waals surface area (Å²) in [4.78, 5) is 0. The first-order chi connectivity index (χ1) is 5.63. The number of rotatable bonds is 1. The highest BCUT2D eigenvalue weighted by atomic mass is 14.2. The normalized spacial score (nSPS) is 9.92. The van der Waals surface area contributed by atoms with Gasteiger partial charge in [-0.1, -0.05) is 19.9 Å². The minimum Gasteiger partial charge on any atom is -0.192 e. The topological polar surface area (TPSA) is 23.8 Å². The molecule has 61 valence electrons. The van der Waals surface area contributed by atoms with Gasteiger partial charge in [0.25, 0.3) is 0 Å². The van der Waals surface area contributed by atoms with Crippen molar-refractivity contribution in [2.45, 2.75) is 19.8 Å². The molecule has 1 aromatic rings. The number of hydrogen-bond donors (Lipinski definition) is 0. The van der Waals surface area contributed by atoms with Crippen molar-refractivity contribution in [1.82, 2.24) is 0 Å². The lowest BCUT2D eigenvalue weighted by Crippen LogP contribution is -1.89. The first-order valence-corrected chi connectivity index (χ1v) is 4.00. The molecule has 1 radical (unpaired) electrons. The number of hydrogen-bond acceptors (Lipinski definition) is 1. The Bertz CT molecular complexity index is 318. The van der Waals surface area contributed by atoms with E-state index in [0.717, 1.165) is 5.56 Å². The van der Waals surface area contributed by atoms with Crippen LogP contribution in [0.3, 0.4) is 0 Å². The second kappa shape index (κ2) is 3.40. The van der Waals surface area contributed by atoms with Crippen molar-refractivity contribution >= 4 is 0 Å². The molecule has 0 aliphatic heterocycles. The summed E-state index contributed by atoms with van der Waals surface area (Å²) in [6.07, 6.45) is 0. The quantitative estimate of drug-likeness (QED) is 0.616. The first kappa shape index (κ1) is 8.80. The predicted molar refractivity (Wildman–Crippen MR) is 49.7 cm³/mol. The molecule has 0 aliphatic carbocycles. The Hall–Kier alpha value is -1.29. The summed E-state index contributed by atoms with van der Waals surface area (Å²) in [6.45, 7) is 8.04. The van der Waals surface area contributed by atoms with Crippen LogP contribution in [0.25, 0.3) is 0 Å². The van der Waals surface area contributed by atoms with Gasteiger partial charge in [-0.2, -0.15) is 5.26 Å². The van der Waals surface area contributed by atoms with Gasteiger partial charge in [0.2, 0.25) is 0 Å². The van der Waals surface area contributed by atoms with E-state index in [0.29, 0.717) is 11.5 Å². The van der Waals surface area contributed by atoms with Gasteiger partial charge in [-0.3, -0.25) is 0 Å². The highest BCUT2D eigenvalue weighted by Crippen LogP contribution is 2.17. The highest BCUT2D eigenvalue weighted by molar-refractivity contribution is 5.39. The van der Waals surface area contributed by atoms with E-state index in [1.807, 2.05) is 12.1 Å². The van der Waals surface area contributed by atoms with Gasteiger partial charge >= 0.3 is 0 Å². The largest absolute Gasteiger partial charge is 0.192 e. The molecule has 0 saturated carbocycles. The Balaban J connectivity index is 3.17. The molecule has 0 N–H and O–H groups in total. The van der Waals surface area contributed by atoms with Crippen LogP contribution in [0.15, 0.2) is 18.2 Å². The summed E-state index contributed by atoms with van der Waals surface area (Å²) in [7, 11) is 0. The van der Waals surface area contributed by atoms with Gasteiger partial charge in [0, 0.05) is 0 Å². The molecule has 12 heavy (non-hydrogen) atoms. The van der Waals surface area contributed by atoms with E-state index in [4.69, 9.17) is 5.26 Å². The summed E-state index contributed by atoms with van der Waals surface area (Å²) in [5, 5.41) is 8.69. The standard InChI is InChI=1S/C11H12N/c1-8(2)11-5-9(3)4-10(6-11)7-12/h4-6,8H,3H2,1-2H3. The molecule has 1 rings (SSSR count). The maximum Gasteiger partial charge on any atom is 0.0991 e. The van der Waals surface area contributed by atoms with Crippen molar-refractivity contribution in [1.29, 1.82) is 5.26 Å². The third-order valence-corrected chi connectivity index (χ3v) is 1.81. The fourth-order valence-corrected chi connectivity index (χ4v) is 1.12. The van der Waals surface area contributed by atoms with E-state index < -0.39 is 0 Å². The summed E-state index contributed by atoms with van der Waals surface area (Å²) in [5.41, 5.74) is 2.79. The Labute approximate surface area is 73.6 Å². The third kappa shape index (κ3) is 1.85. The van der Waals surface area contributed by atoms with Crippen LogP contribution in [-0.4, -0.2) is 0 Å². The van der Waals surface area contributed by atoms with Crippen LogP contribution < -0.4 is 0 Å².